The van der Waals surface area contributed by atoms with E-state index in [4.69, 9.17) is 4.74 Å². The maximum atomic E-state index is 10.4. The first-order valence-electron chi connectivity index (χ1n) is 9.58. The highest BCUT2D eigenvalue weighted by Crippen LogP contribution is 2.27. The van der Waals surface area contributed by atoms with E-state index >= 15 is 0 Å². The molecule has 1 heterocycles. The molecule has 1 aromatic carbocycles. The fraction of sp³-hybridized carbons (Fsp3) is 0.714. The first-order chi connectivity index (χ1) is 11.8. The fourth-order valence-electron chi connectivity index (χ4n) is 3.56. The first kappa shape index (κ1) is 20.2. The molecule has 2 N–H and O–H groups in total. The van der Waals surface area contributed by atoms with Gasteiger partial charge in [0, 0.05) is 19.2 Å². The van der Waals surface area contributed by atoms with Gasteiger partial charge >= 0.3 is 0 Å². The zero-order valence-electron chi connectivity index (χ0n) is 16.3. The monoisotopic (exact) mass is 349 g/mol. The number of aryl methyl sites for hydroxylation is 1. The topological polar surface area (TPSA) is 52.9 Å². The van der Waals surface area contributed by atoms with Crippen LogP contribution in [-0.4, -0.2) is 53.6 Å². The summed E-state index contributed by atoms with van der Waals surface area (Å²) in [4.78, 5) is 2.31. The van der Waals surface area contributed by atoms with Gasteiger partial charge in [-0.15, -0.1) is 0 Å². The Kier molecular flexibility index (Phi) is 7.29. The van der Waals surface area contributed by atoms with E-state index in [1.807, 2.05) is 6.07 Å². The van der Waals surface area contributed by atoms with Gasteiger partial charge < -0.3 is 14.9 Å². The first-order valence-corrected chi connectivity index (χ1v) is 9.58. The van der Waals surface area contributed by atoms with Crippen molar-refractivity contribution in [3.8, 4) is 5.75 Å². The van der Waals surface area contributed by atoms with Gasteiger partial charge in [0.25, 0.3) is 0 Å². The van der Waals surface area contributed by atoms with Crippen molar-refractivity contribution in [3.63, 3.8) is 0 Å². The third kappa shape index (κ3) is 5.98. The number of likely N-dealkylation sites (tertiary alicyclic amines) is 1. The molecule has 0 aromatic heterocycles. The van der Waals surface area contributed by atoms with Crippen LogP contribution in [0.5, 0.6) is 5.75 Å². The van der Waals surface area contributed by atoms with Gasteiger partial charge in [0.2, 0.25) is 0 Å². The number of ether oxygens (including phenoxy) is 1. The maximum absolute atomic E-state index is 10.4. The Morgan fingerprint density at radius 3 is 2.68 bits per heavy atom. The number of aliphatic hydroxyl groups is 2. The Bertz CT molecular complexity index is 536. The number of benzene rings is 1. The molecule has 4 nitrogen and oxygen atoms in total. The number of β-amino-alcohol motifs (C(OH)–C–C–N with tert-alkyl or cyclic N) is 1. The molecule has 1 fully saturated rings. The van der Waals surface area contributed by atoms with E-state index in [-0.39, 0.29) is 12.0 Å². The van der Waals surface area contributed by atoms with Crippen molar-refractivity contribution in [2.45, 2.75) is 70.9 Å². The Labute approximate surface area is 152 Å². The SMILES string of the molecule is Cc1cc(C(C)(C)C)ccc1OCC(O)CN1CCCCC1CCO. The van der Waals surface area contributed by atoms with Gasteiger partial charge in [-0.25, -0.2) is 0 Å². The van der Waals surface area contributed by atoms with Crippen molar-refractivity contribution in [2.75, 3.05) is 26.3 Å². The van der Waals surface area contributed by atoms with Crippen LogP contribution in [0.3, 0.4) is 0 Å². The number of hydrogen-bond acceptors (Lipinski definition) is 4. The minimum atomic E-state index is -0.513. The maximum Gasteiger partial charge on any atom is 0.122 e. The van der Waals surface area contributed by atoms with Crippen molar-refractivity contribution >= 4 is 0 Å². The largest absolute Gasteiger partial charge is 0.491 e. The van der Waals surface area contributed by atoms with Crippen LogP contribution in [-0.2, 0) is 5.41 Å². The lowest BCUT2D eigenvalue weighted by atomic mass is 9.86. The molecule has 0 saturated carbocycles. The highest BCUT2D eigenvalue weighted by molar-refractivity contribution is 5.38. The summed E-state index contributed by atoms with van der Waals surface area (Å²) in [6, 6.07) is 6.68. The molecule has 2 atom stereocenters. The second kappa shape index (κ2) is 9.02. The van der Waals surface area contributed by atoms with Crippen LogP contribution >= 0.6 is 0 Å². The molecule has 0 aliphatic carbocycles. The van der Waals surface area contributed by atoms with E-state index in [2.05, 4.69) is 44.7 Å². The van der Waals surface area contributed by atoms with Crippen molar-refractivity contribution in [3.05, 3.63) is 29.3 Å². The van der Waals surface area contributed by atoms with Crippen molar-refractivity contribution < 1.29 is 14.9 Å². The standard InChI is InChI=1S/C21H35NO3/c1-16-13-17(21(2,3)4)8-9-20(16)25-15-19(24)14-22-11-6-5-7-18(22)10-12-23/h8-9,13,18-19,23-24H,5-7,10-12,14-15H2,1-4H3. The molecular formula is C21H35NO3. The number of hydrogen-bond donors (Lipinski definition) is 2. The van der Waals surface area contributed by atoms with Gasteiger partial charge in [-0.3, -0.25) is 4.90 Å². The van der Waals surface area contributed by atoms with Gasteiger partial charge in [-0.2, -0.15) is 0 Å². The number of nitrogens with zero attached hydrogens (tertiary/aromatic N) is 1. The predicted octanol–water partition coefficient (Wildman–Crippen LogP) is 3.27. The Morgan fingerprint density at radius 2 is 2.04 bits per heavy atom. The lowest BCUT2D eigenvalue weighted by Crippen LogP contribution is -2.45. The second-order valence-corrected chi connectivity index (χ2v) is 8.35. The zero-order valence-corrected chi connectivity index (χ0v) is 16.3. The predicted molar refractivity (Wildman–Crippen MR) is 102 cm³/mol. The van der Waals surface area contributed by atoms with Crippen molar-refractivity contribution in [1.82, 2.24) is 4.90 Å². The van der Waals surface area contributed by atoms with Gasteiger partial charge in [-0.05, 0) is 55.3 Å². The molecule has 0 amide bonds. The van der Waals surface area contributed by atoms with Crippen molar-refractivity contribution in [2.24, 2.45) is 0 Å². The normalized spacial score (nSPS) is 20.5. The van der Waals surface area contributed by atoms with Crippen LogP contribution in [0.15, 0.2) is 18.2 Å². The molecule has 1 aliphatic heterocycles. The molecular weight excluding hydrogens is 314 g/mol. The minimum Gasteiger partial charge on any atom is -0.491 e. The third-order valence-electron chi connectivity index (χ3n) is 5.13. The van der Waals surface area contributed by atoms with Gasteiger partial charge in [0.05, 0.1) is 0 Å². The third-order valence-corrected chi connectivity index (χ3v) is 5.13. The van der Waals surface area contributed by atoms with Crippen LogP contribution in [0.25, 0.3) is 0 Å². The number of aliphatic hydroxyl groups excluding tert-OH is 2. The Morgan fingerprint density at radius 1 is 1.28 bits per heavy atom. The summed E-state index contributed by atoms with van der Waals surface area (Å²) in [6.45, 7) is 10.8. The summed E-state index contributed by atoms with van der Waals surface area (Å²) >= 11 is 0. The second-order valence-electron chi connectivity index (χ2n) is 8.35. The molecule has 4 heteroatoms. The molecule has 2 unspecified atom stereocenters. The Hall–Kier alpha value is -1.10. The summed E-state index contributed by atoms with van der Waals surface area (Å²) in [5.74, 6) is 0.845. The molecule has 25 heavy (non-hydrogen) atoms. The quantitative estimate of drug-likeness (QED) is 0.793. The smallest absolute Gasteiger partial charge is 0.122 e. The molecule has 1 saturated heterocycles. The van der Waals surface area contributed by atoms with E-state index in [0.717, 1.165) is 30.7 Å². The van der Waals surface area contributed by atoms with E-state index in [1.165, 1.54) is 18.4 Å². The van der Waals surface area contributed by atoms with Crippen LogP contribution < -0.4 is 4.74 Å². The highest BCUT2D eigenvalue weighted by atomic mass is 16.5. The van der Waals surface area contributed by atoms with Crippen LogP contribution in [0.2, 0.25) is 0 Å². The molecule has 2 rings (SSSR count). The van der Waals surface area contributed by atoms with Gasteiger partial charge in [-0.1, -0.05) is 39.3 Å². The lowest BCUT2D eigenvalue weighted by Gasteiger charge is -2.36. The van der Waals surface area contributed by atoms with Gasteiger partial charge in [0.15, 0.2) is 0 Å². The molecule has 0 bridgehead atoms. The molecule has 1 aliphatic rings. The Balaban J connectivity index is 1.88. The summed E-state index contributed by atoms with van der Waals surface area (Å²) in [5.41, 5.74) is 2.52. The van der Waals surface area contributed by atoms with E-state index in [0.29, 0.717) is 19.2 Å². The van der Waals surface area contributed by atoms with Crippen molar-refractivity contribution in [1.29, 1.82) is 0 Å². The summed E-state index contributed by atoms with van der Waals surface area (Å²) < 4.78 is 5.88. The minimum absolute atomic E-state index is 0.124. The van der Waals surface area contributed by atoms with E-state index in [9.17, 15) is 10.2 Å². The molecule has 1 aromatic rings. The molecule has 142 valence electrons. The number of piperidine rings is 1. The average Bonchev–Trinajstić information content (AvgIpc) is 2.55. The molecule has 0 radical (unpaired) electrons. The fourth-order valence-corrected chi connectivity index (χ4v) is 3.56. The summed E-state index contributed by atoms with van der Waals surface area (Å²) in [5, 5.41) is 19.6. The van der Waals surface area contributed by atoms with Crippen LogP contribution in [0, 0.1) is 6.92 Å². The zero-order chi connectivity index (χ0) is 18.4. The summed E-state index contributed by atoms with van der Waals surface area (Å²) in [7, 11) is 0. The van der Waals surface area contributed by atoms with Crippen LogP contribution in [0.4, 0.5) is 0 Å². The van der Waals surface area contributed by atoms with E-state index in [1.54, 1.807) is 0 Å². The van der Waals surface area contributed by atoms with Gasteiger partial charge in [0.1, 0.15) is 18.5 Å². The number of rotatable bonds is 7. The average molecular weight is 350 g/mol. The lowest BCUT2D eigenvalue weighted by molar-refractivity contribution is 0.0331. The van der Waals surface area contributed by atoms with Crippen LogP contribution in [0.1, 0.15) is 57.6 Å². The highest BCUT2D eigenvalue weighted by Gasteiger charge is 2.24. The molecule has 0 spiro atoms. The summed E-state index contributed by atoms with van der Waals surface area (Å²) in [6.07, 6.45) is 3.78. The van der Waals surface area contributed by atoms with E-state index < -0.39 is 6.10 Å².